The summed E-state index contributed by atoms with van der Waals surface area (Å²) in [5.74, 6) is 0.604. The summed E-state index contributed by atoms with van der Waals surface area (Å²) in [6.07, 6.45) is 2.23. The molecule has 206 valence electrons. The number of benzene rings is 4. The zero-order valence-corrected chi connectivity index (χ0v) is 23.2. The molecule has 8 nitrogen and oxygen atoms in total. The standard InChI is InChI=1S/C31H31N3O5S/c1-38-26-15-18-28(30(20-26)39-2)33-40(36,37)27-16-13-25(14-17-27)32-31(35)24-11-9-22(10-12-24)21-34-19-5-7-23-6-3-4-8-29(23)34/h3-4,6,8-18,20,33H,5,7,19,21H2,1-2H3,(H,32,35). The van der Waals surface area contributed by atoms with Crippen molar-refractivity contribution in [3.8, 4) is 11.5 Å². The maximum atomic E-state index is 12.9. The summed E-state index contributed by atoms with van der Waals surface area (Å²) < 4.78 is 38.8. The Bertz CT molecular complexity index is 1600. The van der Waals surface area contributed by atoms with Crippen LogP contribution >= 0.6 is 0 Å². The first-order valence-electron chi connectivity index (χ1n) is 12.9. The van der Waals surface area contributed by atoms with Crippen LogP contribution in [0.15, 0.2) is 95.9 Å². The quantitative estimate of drug-likeness (QED) is 0.274. The van der Waals surface area contributed by atoms with E-state index >= 15 is 0 Å². The molecule has 0 saturated heterocycles. The van der Waals surface area contributed by atoms with E-state index < -0.39 is 10.0 Å². The molecule has 40 heavy (non-hydrogen) atoms. The molecule has 0 fully saturated rings. The Morgan fingerprint density at radius 3 is 2.38 bits per heavy atom. The van der Waals surface area contributed by atoms with Crippen molar-refractivity contribution in [2.24, 2.45) is 0 Å². The van der Waals surface area contributed by atoms with Crippen molar-refractivity contribution in [1.82, 2.24) is 0 Å². The molecule has 0 atom stereocenters. The van der Waals surface area contributed by atoms with E-state index in [1.54, 1.807) is 30.3 Å². The van der Waals surface area contributed by atoms with Crippen LogP contribution in [0.25, 0.3) is 0 Å². The number of para-hydroxylation sites is 1. The molecule has 4 aromatic carbocycles. The van der Waals surface area contributed by atoms with Gasteiger partial charge in [0.05, 0.1) is 24.8 Å². The van der Waals surface area contributed by atoms with Crippen LogP contribution in [0.4, 0.5) is 17.1 Å². The minimum atomic E-state index is -3.89. The van der Waals surface area contributed by atoms with Crippen molar-refractivity contribution in [2.45, 2.75) is 24.3 Å². The fraction of sp³-hybridized carbons (Fsp3) is 0.194. The number of nitrogens with zero attached hydrogens (tertiary/aromatic N) is 1. The molecule has 1 aliphatic heterocycles. The summed E-state index contributed by atoms with van der Waals surface area (Å²) in [5.41, 5.74) is 5.07. The number of fused-ring (bicyclic) bond motifs is 1. The van der Waals surface area contributed by atoms with Crippen LogP contribution in [0.1, 0.15) is 27.9 Å². The second-order valence-electron chi connectivity index (χ2n) is 9.50. The molecular formula is C31H31N3O5S. The Balaban J connectivity index is 1.21. The highest BCUT2D eigenvalue weighted by Gasteiger charge is 2.18. The van der Waals surface area contributed by atoms with E-state index in [2.05, 4.69) is 39.2 Å². The van der Waals surface area contributed by atoms with Gasteiger partial charge in [-0.15, -0.1) is 0 Å². The second-order valence-corrected chi connectivity index (χ2v) is 11.2. The number of carbonyl (C=O) groups is 1. The van der Waals surface area contributed by atoms with Crippen LogP contribution in [0.3, 0.4) is 0 Å². The lowest BCUT2D eigenvalue weighted by molar-refractivity contribution is 0.102. The van der Waals surface area contributed by atoms with Crippen LogP contribution in [-0.4, -0.2) is 35.1 Å². The monoisotopic (exact) mass is 557 g/mol. The van der Waals surface area contributed by atoms with E-state index in [0.29, 0.717) is 22.7 Å². The van der Waals surface area contributed by atoms with E-state index in [1.165, 1.54) is 37.6 Å². The third-order valence-electron chi connectivity index (χ3n) is 6.87. The Morgan fingerprint density at radius 1 is 0.900 bits per heavy atom. The van der Waals surface area contributed by atoms with Gasteiger partial charge in [-0.05, 0) is 78.6 Å². The smallest absolute Gasteiger partial charge is 0.262 e. The predicted octanol–water partition coefficient (Wildman–Crippen LogP) is 5.71. The predicted molar refractivity (Wildman–Crippen MR) is 157 cm³/mol. The number of hydrogen-bond donors (Lipinski definition) is 2. The summed E-state index contributed by atoms with van der Waals surface area (Å²) in [6.45, 7) is 1.79. The minimum Gasteiger partial charge on any atom is -0.497 e. The Kier molecular flexibility index (Phi) is 7.93. The lowest BCUT2D eigenvalue weighted by Gasteiger charge is -2.31. The Labute approximate surface area is 234 Å². The summed E-state index contributed by atoms with van der Waals surface area (Å²) in [6, 6.07) is 26.9. The molecule has 9 heteroatoms. The number of hydrogen-bond acceptors (Lipinski definition) is 6. The van der Waals surface area contributed by atoms with Crippen LogP contribution in [-0.2, 0) is 23.0 Å². The van der Waals surface area contributed by atoms with Crippen molar-refractivity contribution in [3.63, 3.8) is 0 Å². The zero-order valence-electron chi connectivity index (χ0n) is 22.4. The van der Waals surface area contributed by atoms with Crippen molar-refractivity contribution >= 4 is 33.0 Å². The molecule has 1 aliphatic rings. The molecule has 5 rings (SSSR count). The molecule has 0 unspecified atom stereocenters. The highest BCUT2D eigenvalue weighted by Crippen LogP contribution is 2.31. The molecule has 1 amide bonds. The third kappa shape index (κ3) is 6.05. The summed E-state index contributed by atoms with van der Waals surface area (Å²) in [4.78, 5) is 15.3. The van der Waals surface area contributed by atoms with E-state index in [4.69, 9.17) is 9.47 Å². The lowest BCUT2D eigenvalue weighted by Crippen LogP contribution is -2.28. The first-order valence-corrected chi connectivity index (χ1v) is 14.4. The molecule has 0 spiro atoms. The van der Waals surface area contributed by atoms with Gasteiger partial charge in [0.15, 0.2) is 0 Å². The van der Waals surface area contributed by atoms with Crippen molar-refractivity contribution in [3.05, 3.63) is 108 Å². The fourth-order valence-corrected chi connectivity index (χ4v) is 5.84. The van der Waals surface area contributed by atoms with Crippen LogP contribution < -0.4 is 24.4 Å². The van der Waals surface area contributed by atoms with Crippen LogP contribution in [0.2, 0.25) is 0 Å². The van der Waals surface area contributed by atoms with Gasteiger partial charge >= 0.3 is 0 Å². The highest BCUT2D eigenvalue weighted by molar-refractivity contribution is 7.92. The number of rotatable bonds is 9. The number of nitrogens with one attached hydrogen (secondary N) is 2. The second kappa shape index (κ2) is 11.7. The Hall–Kier alpha value is -4.50. The highest BCUT2D eigenvalue weighted by atomic mass is 32.2. The number of amides is 1. The van der Waals surface area contributed by atoms with E-state index in [1.807, 2.05) is 24.3 Å². The molecular weight excluding hydrogens is 526 g/mol. The maximum Gasteiger partial charge on any atom is 0.262 e. The molecule has 0 aromatic heterocycles. The van der Waals surface area contributed by atoms with E-state index in [9.17, 15) is 13.2 Å². The van der Waals surface area contributed by atoms with E-state index in [0.717, 1.165) is 31.5 Å². The lowest BCUT2D eigenvalue weighted by atomic mass is 10.0. The zero-order chi connectivity index (χ0) is 28.1. The maximum absolute atomic E-state index is 12.9. The van der Waals surface area contributed by atoms with Gasteiger partial charge in [-0.1, -0.05) is 30.3 Å². The average molecular weight is 558 g/mol. The van der Waals surface area contributed by atoms with Crippen molar-refractivity contribution in [2.75, 3.05) is 35.7 Å². The van der Waals surface area contributed by atoms with E-state index in [-0.39, 0.29) is 16.5 Å². The topological polar surface area (TPSA) is 97.0 Å². The molecule has 2 N–H and O–H groups in total. The van der Waals surface area contributed by atoms with Gasteiger partial charge in [-0.25, -0.2) is 8.42 Å². The van der Waals surface area contributed by atoms with Crippen LogP contribution in [0.5, 0.6) is 11.5 Å². The summed E-state index contributed by atoms with van der Waals surface area (Å²) in [7, 11) is -0.919. The molecule has 4 aromatic rings. The molecule has 0 saturated carbocycles. The number of carbonyl (C=O) groups excluding carboxylic acids is 1. The van der Waals surface area contributed by atoms with Crippen molar-refractivity contribution in [1.29, 1.82) is 0 Å². The summed E-state index contributed by atoms with van der Waals surface area (Å²) in [5, 5.41) is 2.83. The van der Waals surface area contributed by atoms with Gasteiger partial charge < -0.3 is 19.7 Å². The fourth-order valence-electron chi connectivity index (χ4n) is 4.76. The van der Waals surface area contributed by atoms with Gasteiger partial charge in [0.25, 0.3) is 15.9 Å². The average Bonchev–Trinajstić information content (AvgIpc) is 2.98. The number of anilines is 3. The van der Waals surface area contributed by atoms with Gasteiger partial charge in [0, 0.05) is 36.1 Å². The first-order chi connectivity index (χ1) is 19.4. The molecule has 1 heterocycles. The van der Waals surface area contributed by atoms with Gasteiger partial charge in [-0.3, -0.25) is 9.52 Å². The normalized spacial score (nSPS) is 12.8. The van der Waals surface area contributed by atoms with Crippen LogP contribution in [0, 0.1) is 0 Å². The SMILES string of the molecule is COc1ccc(NS(=O)(=O)c2ccc(NC(=O)c3ccc(CN4CCCc5ccccc54)cc3)cc2)c(OC)c1. The van der Waals surface area contributed by atoms with Gasteiger partial charge in [0.2, 0.25) is 0 Å². The number of sulfonamides is 1. The van der Waals surface area contributed by atoms with Gasteiger partial charge in [-0.2, -0.15) is 0 Å². The van der Waals surface area contributed by atoms with Crippen molar-refractivity contribution < 1.29 is 22.7 Å². The number of aryl methyl sites for hydroxylation is 1. The first kappa shape index (κ1) is 27.1. The number of methoxy groups -OCH3 is 2. The Morgan fingerprint density at radius 2 is 1.65 bits per heavy atom. The third-order valence-corrected chi connectivity index (χ3v) is 8.25. The number of ether oxygens (including phenoxy) is 2. The molecule has 0 bridgehead atoms. The summed E-state index contributed by atoms with van der Waals surface area (Å²) >= 11 is 0. The minimum absolute atomic E-state index is 0.0482. The largest absolute Gasteiger partial charge is 0.497 e. The van der Waals surface area contributed by atoms with Gasteiger partial charge in [0.1, 0.15) is 11.5 Å². The molecule has 0 aliphatic carbocycles. The molecule has 0 radical (unpaired) electrons.